The van der Waals surface area contributed by atoms with Gasteiger partial charge in [0.1, 0.15) is 6.10 Å². The van der Waals surface area contributed by atoms with Crippen molar-refractivity contribution in [2.75, 3.05) is 19.4 Å². The second kappa shape index (κ2) is 7.15. The van der Waals surface area contributed by atoms with Crippen molar-refractivity contribution in [3.05, 3.63) is 0 Å². The van der Waals surface area contributed by atoms with E-state index in [1.165, 1.54) is 6.66 Å². The average Bonchev–Trinajstić information content (AvgIpc) is 2.09. The van der Waals surface area contributed by atoms with Gasteiger partial charge in [0.2, 0.25) is 7.37 Å². The van der Waals surface area contributed by atoms with Crippen molar-refractivity contribution in [2.24, 2.45) is 0 Å². The molecule has 0 amide bonds. The lowest BCUT2D eigenvalue weighted by molar-refractivity contribution is -0.127. The largest absolute Gasteiger partial charge is 0.371 e. The molecule has 0 aromatic rings. The predicted octanol–water partition coefficient (Wildman–Crippen LogP) is 2.05. The summed E-state index contributed by atoms with van der Waals surface area (Å²) in [6.45, 7) is 5.45. The molecule has 0 aliphatic heterocycles. The Bertz CT molecular complexity index is 234. The minimum atomic E-state index is -3.25. The van der Waals surface area contributed by atoms with Crippen LogP contribution in [0.25, 0.3) is 0 Å². The molecule has 0 saturated carbocycles. The zero-order chi connectivity index (χ0) is 11.9. The minimum absolute atomic E-state index is 0.290. The first-order valence-corrected chi connectivity index (χ1v) is 7.59. The first-order chi connectivity index (χ1) is 6.87. The molecular formula is C10H21O4P. The fraction of sp³-hybridized carbons (Fsp3) is 0.900. The normalized spacial score (nSPS) is 17.1. The van der Waals surface area contributed by atoms with E-state index in [1.54, 1.807) is 6.92 Å². The molecule has 0 radical (unpaired) electrons. The molecule has 0 bridgehead atoms. The summed E-state index contributed by atoms with van der Waals surface area (Å²) in [6, 6.07) is 0. The van der Waals surface area contributed by atoms with Crippen LogP contribution in [-0.2, 0) is 14.1 Å². The van der Waals surface area contributed by atoms with Crippen LogP contribution in [0.15, 0.2) is 0 Å². The quantitative estimate of drug-likeness (QED) is 0.517. The average molecular weight is 236 g/mol. The standard InChI is InChI=1S/C10H21O4P/c1-4-5-6-7-14-9(2)10(11)8-15(3,12)13/h9H,4-8H2,1-3H3,(H,12,13). The topological polar surface area (TPSA) is 63.6 Å². The Kier molecular flexibility index (Phi) is 7.07. The van der Waals surface area contributed by atoms with Crippen molar-refractivity contribution in [3.8, 4) is 0 Å². The molecule has 0 fully saturated rings. The van der Waals surface area contributed by atoms with Crippen LogP contribution in [0.2, 0.25) is 0 Å². The Labute approximate surface area is 91.5 Å². The second-order valence-corrected chi connectivity index (χ2v) is 6.31. The van der Waals surface area contributed by atoms with Crippen molar-refractivity contribution in [1.29, 1.82) is 0 Å². The number of ether oxygens (including phenoxy) is 1. The zero-order valence-electron chi connectivity index (χ0n) is 9.73. The molecule has 0 spiro atoms. The van der Waals surface area contributed by atoms with Gasteiger partial charge in [0.15, 0.2) is 5.78 Å². The van der Waals surface area contributed by atoms with Crippen LogP contribution in [-0.4, -0.2) is 36.2 Å². The van der Waals surface area contributed by atoms with Gasteiger partial charge < -0.3 is 9.63 Å². The lowest BCUT2D eigenvalue weighted by atomic mass is 10.2. The van der Waals surface area contributed by atoms with Crippen LogP contribution in [0.4, 0.5) is 0 Å². The van der Waals surface area contributed by atoms with Gasteiger partial charge in [-0.15, -0.1) is 0 Å². The third kappa shape index (κ3) is 8.79. The van der Waals surface area contributed by atoms with Crippen molar-refractivity contribution >= 4 is 13.2 Å². The van der Waals surface area contributed by atoms with E-state index in [9.17, 15) is 9.36 Å². The van der Waals surface area contributed by atoms with Gasteiger partial charge in [-0.3, -0.25) is 9.36 Å². The molecular weight excluding hydrogens is 215 g/mol. The summed E-state index contributed by atoms with van der Waals surface area (Å²) in [5.41, 5.74) is 0. The first-order valence-electron chi connectivity index (χ1n) is 5.30. The molecule has 0 aliphatic carbocycles. The molecule has 0 rings (SSSR count). The fourth-order valence-electron chi connectivity index (χ4n) is 1.12. The molecule has 0 aromatic heterocycles. The number of ketones is 1. The summed E-state index contributed by atoms with van der Waals surface area (Å²) in [5.74, 6) is -0.292. The molecule has 0 aliphatic rings. The summed E-state index contributed by atoms with van der Waals surface area (Å²) in [6.07, 6.45) is 2.25. The van der Waals surface area contributed by atoms with Crippen molar-refractivity contribution in [3.63, 3.8) is 0 Å². The third-order valence-electron chi connectivity index (χ3n) is 2.02. The van der Waals surface area contributed by atoms with Crippen molar-refractivity contribution < 1.29 is 19.0 Å². The molecule has 2 atom stereocenters. The smallest absolute Gasteiger partial charge is 0.205 e. The number of hydrogen-bond acceptors (Lipinski definition) is 3. The summed E-state index contributed by atoms with van der Waals surface area (Å²) in [4.78, 5) is 20.4. The Balaban J connectivity index is 3.75. The first kappa shape index (κ1) is 14.8. The third-order valence-corrected chi connectivity index (χ3v) is 2.92. The highest BCUT2D eigenvalue weighted by Crippen LogP contribution is 2.35. The van der Waals surface area contributed by atoms with E-state index >= 15 is 0 Å². The Hall–Kier alpha value is -0.180. The monoisotopic (exact) mass is 236 g/mol. The number of Topliss-reactive ketones (excluding diaryl/α,β-unsaturated/α-hetero) is 1. The van der Waals surface area contributed by atoms with Crippen LogP contribution in [0.1, 0.15) is 33.1 Å². The number of unbranched alkanes of at least 4 members (excludes halogenated alkanes) is 2. The van der Waals surface area contributed by atoms with Crippen LogP contribution < -0.4 is 0 Å². The fourth-order valence-corrected chi connectivity index (χ4v) is 1.96. The van der Waals surface area contributed by atoms with E-state index in [4.69, 9.17) is 9.63 Å². The molecule has 2 unspecified atom stereocenters. The highest BCUT2D eigenvalue weighted by Gasteiger charge is 2.21. The molecule has 0 saturated heterocycles. The second-order valence-electron chi connectivity index (χ2n) is 3.90. The molecule has 15 heavy (non-hydrogen) atoms. The van der Waals surface area contributed by atoms with E-state index in [0.29, 0.717) is 6.61 Å². The number of carbonyl (C=O) groups is 1. The molecule has 0 heterocycles. The van der Waals surface area contributed by atoms with Gasteiger partial charge in [-0.2, -0.15) is 0 Å². The van der Waals surface area contributed by atoms with Crippen LogP contribution >= 0.6 is 7.37 Å². The molecule has 5 heteroatoms. The van der Waals surface area contributed by atoms with E-state index in [1.807, 2.05) is 0 Å². The van der Waals surface area contributed by atoms with E-state index in [0.717, 1.165) is 19.3 Å². The van der Waals surface area contributed by atoms with Gasteiger partial charge in [0.25, 0.3) is 0 Å². The predicted molar refractivity (Wildman–Crippen MR) is 60.6 cm³/mol. The Morgan fingerprint density at radius 2 is 2.07 bits per heavy atom. The summed E-state index contributed by atoms with van der Waals surface area (Å²) >= 11 is 0. The molecule has 4 nitrogen and oxygen atoms in total. The number of hydrogen-bond donors (Lipinski definition) is 1. The SMILES string of the molecule is CCCCCOC(C)C(=O)CP(C)(=O)O. The number of rotatable bonds is 8. The van der Waals surface area contributed by atoms with Gasteiger partial charge in [0.05, 0.1) is 6.16 Å². The van der Waals surface area contributed by atoms with Crippen LogP contribution in [0, 0.1) is 0 Å². The molecule has 90 valence electrons. The maximum atomic E-state index is 11.4. The van der Waals surface area contributed by atoms with Gasteiger partial charge in [-0.25, -0.2) is 0 Å². The van der Waals surface area contributed by atoms with Gasteiger partial charge in [-0.1, -0.05) is 19.8 Å². The van der Waals surface area contributed by atoms with Crippen molar-refractivity contribution in [1.82, 2.24) is 0 Å². The van der Waals surface area contributed by atoms with Gasteiger partial charge in [-0.05, 0) is 13.3 Å². The van der Waals surface area contributed by atoms with E-state index < -0.39 is 13.5 Å². The van der Waals surface area contributed by atoms with E-state index in [-0.39, 0.29) is 11.9 Å². The Morgan fingerprint density at radius 1 is 1.47 bits per heavy atom. The zero-order valence-corrected chi connectivity index (χ0v) is 10.6. The highest BCUT2D eigenvalue weighted by molar-refractivity contribution is 7.58. The van der Waals surface area contributed by atoms with Gasteiger partial charge >= 0.3 is 0 Å². The van der Waals surface area contributed by atoms with Crippen molar-refractivity contribution in [2.45, 2.75) is 39.2 Å². The summed E-state index contributed by atoms with van der Waals surface area (Å²) < 4.78 is 16.3. The number of carbonyl (C=O) groups excluding carboxylic acids is 1. The Morgan fingerprint density at radius 3 is 2.53 bits per heavy atom. The lowest BCUT2D eigenvalue weighted by Gasteiger charge is -2.12. The summed E-state index contributed by atoms with van der Waals surface area (Å²) in [7, 11) is -3.25. The maximum absolute atomic E-state index is 11.4. The highest BCUT2D eigenvalue weighted by atomic mass is 31.2. The van der Waals surface area contributed by atoms with Crippen LogP contribution in [0.5, 0.6) is 0 Å². The molecule has 1 N–H and O–H groups in total. The van der Waals surface area contributed by atoms with E-state index in [2.05, 4.69) is 6.92 Å². The lowest BCUT2D eigenvalue weighted by Crippen LogP contribution is -2.24. The maximum Gasteiger partial charge on any atom is 0.205 e. The van der Waals surface area contributed by atoms with Gasteiger partial charge in [0, 0.05) is 13.3 Å². The molecule has 0 aromatic carbocycles. The van der Waals surface area contributed by atoms with Crippen LogP contribution in [0.3, 0.4) is 0 Å². The summed E-state index contributed by atoms with van der Waals surface area (Å²) in [5, 5.41) is 0. The minimum Gasteiger partial charge on any atom is -0.371 e.